The first-order chi connectivity index (χ1) is 9.95. The van der Waals surface area contributed by atoms with E-state index in [1.807, 2.05) is 13.8 Å². The van der Waals surface area contributed by atoms with Gasteiger partial charge in [0.05, 0.1) is 16.3 Å². The summed E-state index contributed by atoms with van der Waals surface area (Å²) in [7, 11) is 0. The zero-order chi connectivity index (χ0) is 15.0. The Morgan fingerprint density at radius 1 is 1.19 bits per heavy atom. The van der Waals surface area contributed by atoms with E-state index in [2.05, 4.69) is 30.1 Å². The maximum Gasteiger partial charge on any atom is 0.0962 e. The summed E-state index contributed by atoms with van der Waals surface area (Å²) < 4.78 is 0. The van der Waals surface area contributed by atoms with Gasteiger partial charge in [0.1, 0.15) is 0 Å². The molecular formula is C18H23NOS. The number of hydrogen-bond acceptors (Lipinski definition) is 3. The van der Waals surface area contributed by atoms with Crippen molar-refractivity contribution in [2.24, 2.45) is 0 Å². The van der Waals surface area contributed by atoms with Crippen LogP contribution in [-0.4, -0.2) is 10.1 Å². The first-order valence-electron chi connectivity index (χ1n) is 7.73. The normalized spacial score (nSPS) is 17.3. The molecule has 112 valence electrons. The second-order valence-corrected chi connectivity index (χ2v) is 7.68. The van der Waals surface area contributed by atoms with E-state index in [4.69, 9.17) is 0 Å². The Hall–Kier alpha value is -1.19. The molecule has 21 heavy (non-hydrogen) atoms. The van der Waals surface area contributed by atoms with E-state index in [9.17, 15) is 5.11 Å². The highest BCUT2D eigenvalue weighted by Gasteiger charge is 2.26. The van der Waals surface area contributed by atoms with Gasteiger partial charge in [-0.2, -0.15) is 0 Å². The first-order valence-corrected chi connectivity index (χ1v) is 8.55. The molecule has 0 amide bonds. The molecule has 0 saturated heterocycles. The van der Waals surface area contributed by atoms with Gasteiger partial charge in [-0.15, -0.1) is 11.3 Å². The monoisotopic (exact) mass is 301 g/mol. The number of thiazole rings is 1. The Morgan fingerprint density at radius 2 is 1.90 bits per heavy atom. The van der Waals surface area contributed by atoms with Crippen molar-refractivity contribution < 1.29 is 5.11 Å². The van der Waals surface area contributed by atoms with Crippen LogP contribution in [0.25, 0.3) is 0 Å². The lowest BCUT2D eigenvalue weighted by atomic mass is 9.85. The highest BCUT2D eigenvalue weighted by molar-refractivity contribution is 7.11. The van der Waals surface area contributed by atoms with Gasteiger partial charge < -0.3 is 5.11 Å². The lowest BCUT2D eigenvalue weighted by molar-refractivity contribution is 0.0574. The quantitative estimate of drug-likeness (QED) is 0.926. The predicted octanol–water partition coefficient (Wildman–Crippen LogP) is 4.09. The third-order valence-electron chi connectivity index (χ3n) is 4.54. The molecule has 2 aromatic rings. The largest absolute Gasteiger partial charge is 0.385 e. The Bertz CT molecular complexity index is 638. The summed E-state index contributed by atoms with van der Waals surface area (Å²) in [5, 5.41) is 11.9. The molecule has 1 unspecified atom stereocenters. The summed E-state index contributed by atoms with van der Waals surface area (Å²) in [5.41, 5.74) is 4.14. The van der Waals surface area contributed by atoms with Gasteiger partial charge >= 0.3 is 0 Å². The molecule has 1 N–H and O–H groups in total. The topological polar surface area (TPSA) is 33.1 Å². The van der Waals surface area contributed by atoms with Gasteiger partial charge in [0.2, 0.25) is 0 Å². The van der Waals surface area contributed by atoms with Crippen LogP contribution in [0.15, 0.2) is 18.2 Å². The average Bonchev–Trinajstić information content (AvgIpc) is 2.76. The van der Waals surface area contributed by atoms with E-state index in [0.717, 1.165) is 22.7 Å². The fourth-order valence-corrected chi connectivity index (χ4v) is 4.16. The van der Waals surface area contributed by atoms with Crippen LogP contribution in [0, 0.1) is 13.8 Å². The smallest absolute Gasteiger partial charge is 0.0962 e. The molecule has 0 saturated carbocycles. The van der Waals surface area contributed by atoms with Gasteiger partial charge in [0.15, 0.2) is 0 Å². The summed E-state index contributed by atoms with van der Waals surface area (Å²) in [6.45, 7) is 6.02. The second kappa shape index (κ2) is 5.54. The fraction of sp³-hybridized carbons (Fsp3) is 0.500. The Labute approximate surface area is 130 Å². The Balaban J connectivity index is 1.87. The molecule has 1 aliphatic carbocycles. The molecule has 1 aromatic carbocycles. The summed E-state index contributed by atoms with van der Waals surface area (Å²) in [4.78, 5) is 5.81. The number of aliphatic hydroxyl groups is 1. The van der Waals surface area contributed by atoms with Gasteiger partial charge in [-0.05, 0) is 63.1 Å². The van der Waals surface area contributed by atoms with Gasteiger partial charge in [0, 0.05) is 11.3 Å². The maximum absolute atomic E-state index is 10.9. The highest BCUT2D eigenvalue weighted by atomic mass is 32.1. The van der Waals surface area contributed by atoms with Crippen LogP contribution in [0.2, 0.25) is 0 Å². The minimum atomic E-state index is -0.844. The Morgan fingerprint density at radius 3 is 2.57 bits per heavy atom. The average molecular weight is 301 g/mol. The molecular weight excluding hydrogens is 278 g/mol. The van der Waals surface area contributed by atoms with E-state index in [1.165, 1.54) is 35.3 Å². The lowest BCUT2D eigenvalue weighted by Crippen LogP contribution is -2.24. The van der Waals surface area contributed by atoms with Crippen molar-refractivity contribution in [2.75, 3.05) is 0 Å². The van der Waals surface area contributed by atoms with Gasteiger partial charge in [-0.25, -0.2) is 4.98 Å². The van der Waals surface area contributed by atoms with Crippen LogP contribution in [0.4, 0.5) is 0 Å². The third-order valence-corrected chi connectivity index (χ3v) is 5.61. The molecule has 1 aromatic heterocycles. The lowest BCUT2D eigenvalue weighted by Gasteiger charge is -2.25. The zero-order valence-corrected chi connectivity index (χ0v) is 13.9. The SMILES string of the molecule is Cc1nc(CC(C)(O)c2ccc3c(c2)CCCC3)sc1C. The molecule has 2 nitrogen and oxygen atoms in total. The summed E-state index contributed by atoms with van der Waals surface area (Å²) >= 11 is 1.69. The summed E-state index contributed by atoms with van der Waals surface area (Å²) in [5.74, 6) is 0. The number of aromatic nitrogens is 1. The van der Waals surface area contributed by atoms with Crippen molar-refractivity contribution in [1.29, 1.82) is 0 Å². The van der Waals surface area contributed by atoms with E-state index in [1.54, 1.807) is 11.3 Å². The number of fused-ring (bicyclic) bond motifs is 1. The number of rotatable bonds is 3. The zero-order valence-electron chi connectivity index (χ0n) is 13.1. The van der Waals surface area contributed by atoms with Crippen LogP contribution in [0.3, 0.4) is 0 Å². The van der Waals surface area contributed by atoms with Gasteiger partial charge in [0.25, 0.3) is 0 Å². The third kappa shape index (κ3) is 3.04. The number of hydrogen-bond donors (Lipinski definition) is 1. The molecule has 1 atom stereocenters. The van der Waals surface area contributed by atoms with E-state index < -0.39 is 5.60 Å². The Kier molecular flexibility index (Phi) is 3.89. The van der Waals surface area contributed by atoms with E-state index in [-0.39, 0.29) is 0 Å². The summed E-state index contributed by atoms with van der Waals surface area (Å²) in [6.07, 6.45) is 5.48. The molecule has 0 bridgehead atoms. The second-order valence-electron chi connectivity index (χ2n) is 6.39. The first kappa shape index (κ1) is 14.7. The van der Waals surface area contributed by atoms with Crippen molar-refractivity contribution in [3.8, 4) is 0 Å². The number of benzene rings is 1. The van der Waals surface area contributed by atoms with Crippen LogP contribution in [-0.2, 0) is 24.9 Å². The van der Waals surface area contributed by atoms with E-state index in [0.29, 0.717) is 6.42 Å². The molecule has 1 heterocycles. The molecule has 0 spiro atoms. The van der Waals surface area contributed by atoms with Crippen molar-refractivity contribution in [3.05, 3.63) is 50.5 Å². The van der Waals surface area contributed by atoms with Gasteiger partial charge in [-0.1, -0.05) is 18.2 Å². The molecule has 0 fully saturated rings. The predicted molar refractivity (Wildman–Crippen MR) is 87.9 cm³/mol. The van der Waals surface area contributed by atoms with Crippen LogP contribution in [0.5, 0.6) is 0 Å². The van der Waals surface area contributed by atoms with Crippen molar-refractivity contribution in [2.45, 2.75) is 58.5 Å². The van der Waals surface area contributed by atoms with Gasteiger partial charge in [-0.3, -0.25) is 0 Å². The van der Waals surface area contributed by atoms with Crippen molar-refractivity contribution >= 4 is 11.3 Å². The highest BCUT2D eigenvalue weighted by Crippen LogP contribution is 2.31. The standard InChI is InChI=1S/C18H23NOS/c1-12-13(2)21-17(19-12)11-18(3,20)16-9-8-14-6-4-5-7-15(14)10-16/h8-10,20H,4-7,11H2,1-3H3. The molecule has 3 heteroatoms. The van der Waals surface area contributed by atoms with Crippen LogP contribution in [0.1, 0.15) is 52.0 Å². The fourth-order valence-electron chi connectivity index (χ4n) is 3.08. The molecule has 1 aliphatic rings. The van der Waals surface area contributed by atoms with Crippen LogP contribution < -0.4 is 0 Å². The van der Waals surface area contributed by atoms with Crippen LogP contribution >= 0.6 is 11.3 Å². The molecule has 0 radical (unpaired) electrons. The molecule has 3 rings (SSSR count). The van der Waals surface area contributed by atoms with E-state index >= 15 is 0 Å². The number of nitrogens with zero attached hydrogens (tertiary/aromatic N) is 1. The number of aryl methyl sites for hydroxylation is 4. The molecule has 0 aliphatic heterocycles. The minimum Gasteiger partial charge on any atom is -0.385 e. The minimum absolute atomic E-state index is 0.588. The van der Waals surface area contributed by atoms with Crippen molar-refractivity contribution in [3.63, 3.8) is 0 Å². The summed E-state index contributed by atoms with van der Waals surface area (Å²) in [6, 6.07) is 6.51. The maximum atomic E-state index is 10.9. The van der Waals surface area contributed by atoms with Crippen molar-refractivity contribution in [1.82, 2.24) is 4.98 Å².